The van der Waals surface area contributed by atoms with E-state index in [2.05, 4.69) is 52.1 Å². The third kappa shape index (κ3) is 6.18. The van der Waals surface area contributed by atoms with E-state index in [4.69, 9.17) is 0 Å². The Bertz CT molecular complexity index is 1030. The van der Waals surface area contributed by atoms with Crippen molar-refractivity contribution in [1.82, 2.24) is 34.6 Å². The van der Waals surface area contributed by atoms with Gasteiger partial charge in [0, 0.05) is 46.3 Å². The molecular formula is C20H22F3N8Pt-3. The van der Waals surface area contributed by atoms with Gasteiger partial charge in [-0.3, -0.25) is 0 Å². The van der Waals surface area contributed by atoms with Crippen molar-refractivity contribution in [2.75, 3.05) is 11.9 Å². The molecule has 32 heavy (non-hydrogen) atoms. The van der Waals surface area contributed by atoms with Crippen molar-refractivity contribution in [2.24, 2.45) is 7.05 Å². The third-order valence-electron chi connectivity index (χ3n) is 4.18. The minimum Gasteiger partial charge on any atom is -0.572 e. The predicted octanol–water partition coefficient (Wildman–Crippen LogP) is 3.37. The molecule has 0 bridgehead atoms. The molecule has 0 saturated heterocycles. The van der Waals surface area contributed by atoms with E-state index in [0.717, 1.165) is 17.6 Å². The van der Waals surface area contributed by atoms with Gasteiger partial charge >= 0.3 is 6.18 Å². The first-order valence-electron chi connectivity index (χ1n) is 9.29. The van der Waals surface area contributed by atoms with Crippen LogP contribution in [-0.4, -0.2) is 36.6 Å². The molecule has 0 spiro atoms. The molecule has 0 aromatic carbocycles. The maximum Gasteiger partial charge on any atom is 0.431 e. The Balaban J connectivity index is 0.000000220. The SMILES string of the molecule is CN1C=CN(c2[c-]nc(C(C)(C)C)nc2)[CH-]1.Cn1ccnc1-c1cc(C(F)(F)F)n[n-]1.[Pt]. The van der Waals surface area contributed by atoms with Crippen LogP contribution in [0.3, 0.4) is 0 Å². The van der Waals surface area contributed by atoms with E-state index in [-0.39, 0.29) is 32.2 Å². The van der Waals surface area contributed by atoms with E-state index in [1.54, 1.807) is 24.0 Å². The number of aryl methyl sites for hydroxylation is 1. The molecule has 3 aromatic heterocycles. The standard InChI is InChI=1S/C12H16N4.C8H6F3N4.Pt/c1-12(2,3)11-13-7-10(8-14-11)16-6-5-15(4)9-16;1-15-3-2-12-7(15)5-4-6(14-13-5)8(9,10)11;/h5-7,9H,1-4H3;2-4H,1H3;/q-2;-1;. The van der Waals surface area contributed by atoms with Gasteiger partial charge in [-0.25, -0.2) is 4.98 Å². The van der Waals surface area contributed by atoms with Gasteiger partial charge in [-0.2, -0.15) is 19.8 Å². The molecule has 3 aromatic rings. The molecule has 176 valence electrons. The van der Waals surface area contributed by atoms with Crippen LogP contribution < -0.4 is 10.00 Å². The molecule has 4 heterocycles. The summed E-state index contributed by atoms with van der Waals surface area (Å²) >= 11 is 0. The minimum absolute atomic E-state index is 0. The summed E-state index contributed by atoms with van der Waals surface area (Å²) in [6.45, 7) is 8.22. The molecule has 12 heteroatoms. The Morgan fingerprint density at radius 1 is 1.09 bits per heavy atom. The number of anilines is 1. The fraction of sp³-hybridized carbons (Fsp3) is 0.350. The molecule has 1 aliphatic rings. The van der Waals surface area contributed by atoms with E-state index in [0.29, 0.717) is 5.82 Å². The number of alkyl halides is 3. The first-order chi connectivity index (χ1) is 14.4. The molecule has 0 N–H and O–H groups in total. The van der Waals surface area contributed by atoms with Gasteiger partial charge in [-0.1, -0.05) is 44.5 Å². The third-order valence-corrected chi connectivity index (χ3v) is 4.18. The maximum atomic E-state index is 12.2. The Morgan fingerprint density at radius 2 is 1.81 bits per heavy atom. The molecule has 0 unspecified atom stereocenters. The minimum atomic E-state index is -4.46. The zero-order chi connectivity index (χ0) is 22.8. The van der Waals surface area contributed by atoms with Crippen molar-refractivity contribution in [3.8, 4) is 11.5 Å². The quantitative estimate of drug-likeness (QED) is 0.404. The second kappa shape index (κ2) is 9.85. The molecule has 1 aliphatic heterocycles. The largest absolute Gasteiger partial charge is 0.572 e. The fourth-order valence-electron chi connectivity index (χ4n) is 2.52. The van der Waals surface area contributed by atoms with Gasteiger partial charge < -0.3 is 34.5 Å². The number of nitrogens with zero attached hydrogens (tertiary/aromatic N) is 8. The summed E-state index contributed by atoms with van der Waals surface area (Å²) in [4.78, 5) is 16.4. The number of imidazole rings is 1. The molecule has 8 nitrogen and oxygen atoms in total. The van der Waals surface area contributed by atoms with Crippen LogP contribution in [0.4, 0.5) is 18.9 Å². The molecule has 0 atom stereocenters. The van der Waals surface area contributed by atoms with Crippen LogP contribution in [0.25, 0.3) is 11.5 Å². The molecule has 0 amide bonds. The summed E-state index contributed by atoms with van der Waals surface area (Å²) in [5, 5.41) is 6.49. The van der Waals surface area contributed by atoms with Crippen molar-refractivity contribution in [2.45, 2.75) is 32.4 Å². The fourth-order valence-corrected chi connectivity index (χ4v) is 2.52. The molecule has 0 aliphatic carbocycles. The Labute approximate surface area is 198 Å². The summed E-state index contributed by atoms with van der Waals surface area (Å²) in [6, 6.07) is 0.877. The van der Waals surface area contributed by atoms with Crippen molar-refractivity contribution in [3.05, 3.63) is 61.4 Å². The average Bonchev–Trinajstić information content (AvgIpc) is 3.41. The van der Waals surface area contributed by atoms with Crippen LogP contribution in [0.2, 0.25) is 0 Å². The summed E-state index contributed by atoms with van der Waals surface area (Å²) in [5.41, 5.74) is -0.0555. The van der Waals surface area contributed by atoms with Crippen molar-refractivity contribution < 1.29 is 34.2 Å². The summed E-state index contributed by atoms with van der Waals surface area (Å²) in [6.07, 6.45) is 7.37. The van der Waals surface area contributed by atoms with Crippen LogP contribution in [0, 0.1) is 12.9 Å². The number of hydrogen-bond acceptors (Lipinski definition) is 6. The Hall–Kier alpha value is -2.68. The van der Waals surface area contributed by atoms with Gasteiger partial charge in [0.1, 0.15) is 11.5 Å². The van der Waals surface area contributed by atoms with E-state index < -0.39 is 11.9 Å². The van der Waals surface area contributed by atoms with Gasteiger partial charge in [0.25, 0.3) is 0 Å². The van der Waals surface area contributed by atoms with Crippen molar-refractivity contribution in [3.63, 3.8) is 0 Å². The van der Waals surface area contributed by atoms with E-state index in [1.165, 1.54) is 6.20 Å². The van der Waals surface area contributed by atoms with Crippen LogP contribution in [0.1, 0.15) is 32.3 Å². The summed E-state index contributed by atoms with van der Waals surface area (Å²) < 4.78 is 38.2. The van der Waals surface area contributed by atoms with Crippen molar-refractivity contribution in [1.29, 1.82) is 0 Å². The van der Waals surface area contributed by atoms with E-state index >= 15 is 0 Å². The first kappa shape index (κ1) is 25.6. The van der Waals surface area contributed by atoms with Crippen LogP contribution in [0.15, 0.2) is 37.1 Å². The molecule has 4 rings (SSSR count). The number of hydrogen-bond donors (Lipinski definition) is 0. The van der Waals surface area contributed by atoms with E-state index in [1.807, 2.05) is 35.9 Å². The first-order valence-corrected chi connectivity index (χ1v) is 9.29. The number of halogens is 3. The molecule has 0 saturated carbocycles. The smallest absolute Gasteiger partial charge is 0.431 e. The summed E-state index contributed by atoms with van der Waals surface area (Å²) in [5.74, 6) is 1.17. The van der Waals surface area contributed by atoms with Gasteiger partial charge in [0.2, 0.25) is 0 Å². The van der Waals surface area contributed by atoms with Crippen molar-refractivity contribution >= 4 is 5.69 Å². The zero-order valence-corrected chi connectivity index (χ0v) is 20.3. The molecule has 0 radical (unpaired) electrons. The second-order valence-electron chi connectivity index (χ2n) is 7.90. The zero-order valence-electron chi connectivity index (χ0n) is 18.1. The molecular weight excluding hydrogens is 604 g/mol. The van der Waals surface area contributed by atoms with Gasteiger partial charge in [-0.15, -0.1) is 0 Å². The normalized spacial score (nSPS) is 13.6. The average molecular weight is 627 g/mol. The van der Waals surface area contributed by atoms with Gasteiger partial charge in [0.15, 0.2) is 0 Å². The molecule has 0 fully saturated rings. The monoisotopic (exact) mass is 626 g/mol. The number of rotatable bonds is 2. The topological polar surface area (TPSA) is 77.1 Å². The predicted molar refractivity (Wildman–Crippen MR) is 108 cm³/mol. The maximum absolute atomic E-state index is 12.2. The Morgan fingerprint density at radius 3 is 2.25 bits per heavy atom. The second-order valence-corrected chi connectivity index (χ2v) is 7.90. The van der Waals surface area contributed by atoms with Crippen LogP contribution in [0.5, 0.6) is 0 Å². The van der Waals surface area contributed by atoms with Crippen LogP contribution >= 0.6 is 0 Å². The van der Waals surface area contributed by atoms with Gasteiger partial charge in [0.05, 0.1) is 0 Å². The number of aromatic nitrogens is 6. The Kier molecular flexibility index (Phi) is 7.87. The van der Waals surface area contributed by atoms with Gasteiger partial charge in [-0.05, 0) is 30.9 Å². The summed E-state index contributed by atoms with van der Waals surface area (Å²) in [7, 11) is 3.64. The van der Waals surface area contributed by atoms with E-state index in [9.17, 15) is 13.2 Å². The van der Waals surface area contributed by atoms with Crippen LogP contribution in [-0.2, 0) is 39.7 Å².